The van der Waals surface area contributed by atoms with E-state index in [0.717, 1.165) is 45.3 Å². The summed E-state index contributed by atoms with van der Waals surface area (Å²) >= 11 is 0. The van der Waals surface area contributed by atoms with Gasteiger partial charge in [-0.15, -0.1) is 0 Å². The zero-order valence-corrected chi connectivity index (χ0v) is 14.6. The second-order valence-electron chi connectivity index (χ2n) is 6.96. The van der Waals surface area contributed by atoms with Gasteiger partial charge in [0, 0.05) is 25.6 Å². The van der Waals surface area contributed by atoms with Crippen LogP contribution >= 0.6 is 0 Å². The third-order valence-corrected chi connectivity index (χ3v) is 5.16. The van der Waals surface area contributed by atoms with Crippen LogP contribution in [0.1, 0.15) is 32.1 Å². The van der Waals surface area contributed by atoms with Gasteiger partial charge in [-0.3, -0.25) is 9.69 Å². The standard InChI is InChI=1S/C19H27FN2O3/c20-15-3-6-18(7-4-15)25-13-12-21-11-9-16(5-8-19(21)24)22-10-1-2-17(23)14-22/h3-4,6-7,16-17,23H,1-2,5,8-14H2. The molecule has 1 amide bonds. The fourth-order valence-electron chi connectivity index (χ4n) is 3.74. The van der Waals surface area contributed by atoms with Gasteiger partial charge >= 0.3 is 0 Å². The minimum Gasteiger partial charge on any atom is -0.492 e. The lowest BCUT2D eigenvalue weighted by Gasteiger charge is -2.36. The van der Waals surface area contributed by atoms with Crippen molar-refractivity contribution in [2.45, 2.75) is 44.2 Å². The Morgan fingerprint density at radius 3 is 2.72 bits per heavy atom. The number of amides is 1. The van der Waals surface area contributed by atoms with Gasteiger partial charge in [0.25, 0.3) is 0 Å². The molecular formula is C19H27FN2O3. The number of halogens is 1. The fraction of sp³-hybridized carbons (Fsp3) is 0.632. The van der Waals surface area contributed by atoms with Crippen LogP contribution < -0.4 is 4.74 Å². The Hall–Kier alpha value is -1.66. The third-order valence-electron chi connectivity index (χ3n) is 5.16. The summed E-state index contributed by atoms with van der Waals surface area (Å²) in [5.74, 6) is 0.496. The van der Waals surface area contributed by atoms with Crippen molar-refractivity contribution in [3.63, 3.8) is 0 Å². The summed E-state index contributed by atoms with van der Waals surface area (Å²) in [5, 5.41) is 9.87. The van der Waals surface area contributed by atoms with Crippen molar-refractivity contribution in [3.8, 4) is 5.75 Å². The molecule has 0 saturated carbocycles. The van der Waals surface area contributed by atoms with Gasteiger partial charge in [0.2, 0.25) is 5.91 Å². The molecule has 0 aliphatic carbocycles. The number of likely N-dealkylation sites (tertiary alicyclic amines) is 2. The molecule has 2 unspecified atom stereocenters. The second-order valence-corrected chi connectivity index (χ2v) is 6.96. The summed E-state index contributed by atoms with van der Waals surface area (Å²) in [5.41, 5.74) is 0. The van der Waals surface area contributed by atoms with Crippen LogP contribution in [0.3, 0.4) is 0 Å². The molecule has 1 aromatic carbocycles. The van der Waals surface area contributed by atoms with Crippen molar-refractivity contribution in [1.82, 2.24) is 9.80 Å². The number of carbonyl (C=O) groups excluding carboxylic acids is 1. The van der Waals surface area contributed by atoms with Gasteiger partial charge in [0.1, 0.15) is 18.2 Å². The highest BCUT2D eigenvalue weighted by molar-refractivity contribution is 5.76. The van der Waals surface area contributed by atoms with Crippen molar-refractivity contribution in [2.75, 3.05) is 32.8 Å². The smallest absolute Gasteiger partial charge is 0.222 e. The molecule has 2 saturated heterocycles. The van der Waals surface area contributed by atoms with Crippen molar-refractivity contribution >= 4 is 5.91 Å². The Balaban J connectivity index is 1.46. The molecule has 0 bridgehead atoms. The predicted octanol–water partition coefficient (Wildman–Crippen LogP) is 2.04. The van der Waals surface area contributed by atoms with E-state index in [1.807, 2.05) is 4.90 Å². The van der Waals surface area contributed by atoms with Gasteiger partial charge in [-0.1, -0.05) is 0 Å². The number of hydrogen-bond acceptors (Lipinski definition) is 4. The van der Waals surface area contributed by atoms with Crippen LogP contribution in [0.4, 0.5) is 4.39 Å². The molecule has 2 atom stereocenters. The van der Waals surface area contributed by atoms with E-state index in [0.29, 0.717) is 31.4 Å². The van der Waals surface area contributed by atoms with E-state index in [1.54, 1.807) is 12.1 Å². The highest BCUT2D eigenvalue weighted by Gasteiger charge is 2.29. The largest absolute Gasteiger partial charge is 0.492 e. The first-order valence-electron chi connectivity index (χ1n) is 9.20. The summed E-state index contributed by atoms with van der Waals surface area (Å²) in [7, 11) is 0. The molecule has 2 aliphatic heterocycles. The summed E-state index contributed by atoms with van der Waals surface area (Å²) in [6, 6.07) is 6.30. The average molecular weight is 350 g/mol. The van der Waals surface area contributed by atoms with Crippen LogP contribution in [0, 0.1) is 5.82 Å². The van der Waals surface area contributed by atoms with E-state index in [4.69, 9.17) is 4.74 Å². The minimum atomic E-state index is -0.288. The highest BCUT2D eigenvalue weighted by atomic mass is 19.1. The molecule has 2 heterocycles. The maximum Gasteiger partial charge on any atom is 0.222 e. The molecule has 5 nitrogen and oxygen atoms in total. The zero-order chi connectivity index (χ0) is 17.6. The van der Waals surface area contributed by atoms with Crippen molar-refractivity contribution < 1.29 is 19.0 Å². The molecule has 0 radical (unpaired) electrons. The van der Waals surface area contributed by atoms with Crippen molar-refractivity contribution in [1.29, 1.82) is 0 Å². The molecule has 6 heteroatoms. The Bertz CT molecular complexity index is 566. The van der Waals surface area contributed by atoms with Crippen LogP contribution in [-0.4, -0.2) is 65.7 Å². The van der Waals surface area contributed by atoms with E-state index >= 15 is 0 Å². The average Bonchev–Trinajstić information content (AvgIpc) is 2.79. The molecule has 2 fully saturated rings. The minimum absolute atomic E-state index is 0.169. The van der Waals surface area contributed by atoms with Gasteiger partial charge in [0.05, 0.1) is 12.6 Å². The van der Waals surface area contributed by atoms with Crippen LogP contribution in [0.25, 0.3) is 0 Å². The maximum absolute atomic E-state index is 12.9. The first kappa shape index (κ1) is 18.1. The molecule has 25 heavy (non-hydrogen) atoms. The SMILES string of the molecule is O=C1CCC(N2CCCC(O)C2)CCN1CCOc1ccc(F)cc1. The van der Waals surface area contributed by atoms with Crippen LogP contribution in [0.5, 0.6) is 5.75 Å². The highest BCUT2D eigenvalue weighted by Crippen LogP contribution is 2.22. The number of ether oxygens (including phenoxy) is 1. The first-order valence-corrected chi connectivity index (χ1v) is 9.20. The molecule has 1 N–H and O–H groups in total. The molecule has 1 aromatic rings. The Labute approximate surface area is 148 Å². The Morgan fingerprint density at radius 1 is 1.16 bits per heavy atom. The lowest BCUT2D eigenvalue weighted by atomic mass is 10.0. The summed E-state index contributed by atoms with van der Waals surface area (Å²) < 4.78 is 18.5. The maximum atomic E-state index is 12.9. The van der Waals surface area contributed by atoms with E-state index < -0.39 is 0 Å². The monoisotopic (exact) mass is 350 g/mol. The number of carbonyl (C=O) groups is 1. The molecule has 0 aromatic heterocycles. The van der Waals surface area contributed by atoms with E-state index in [2.05, 4.69) is 4.90 Å². The zero-order valence-electron chi connectivity index (χ0n) is 14.6. The Kier molecular flexibility index (Phi) is 6.26. The lowest BCUT2D eigenvalue weighted by Crippen LogP contribution is -2.45. The number of aliphatic hydroxyl groups excluding tert-OH is 1. The summed E-state index contributed by atoms with van der Waals surface area (Å²) in [4.78, 5) is 16.6. The van der Waals surface area contributed by atoms with Crippen molar-refractivity contribution in [3.05, 3.63) is 30.1 Å². The van der Waals surface area contributed by atoms with Crippen LogP contribution in [0.15, 0.2) is 24.3 Å². The van der Waals surface area contributed by atoms with Gasteiger partial charge < -0.3 is 14.7 Å². The quantitative estimate of drug-likeness (QED) is 0.883. The number of aliphatic hydroxyl groups is 1. The molecule has 3 rings (SSSR count). The van der Waals surface area contributed by atoms with E-state index in [1.165, 1.54) is 12.1 Å². The fourth-order valence-corrected chi connectivity index (χ4v) is 3.74. The normalized spacial score (nSPS) is 25.7. The summed E-state index contributed by atoms with van der Waals surface area (Å²) in [6.07, 6.45) is 4.03. The first-order chi connectivity index (χ1) is 12.1. The second kappa shape index (κ2) is 8.63. The summed E-state index contributed by atoms with van der Waals surface area (Å²) in [6.45, 7) is 3.43. The molecule has 0 spiro atoms. The number of nitrogens with zero attached hydrogens (tertiary/aromatic N) is 2. The number of rotatable bonds is 5. The number of β-amino-alcohol motifs (C(OH)–C–C–N with tert-alkyl or cyclic N) is 1. The number of hydrogen-bond donors (Lipinski definition) is 1. The topological polar surface area (TPSA) is 53.0 Å². The van der Waals surface area contributed by atoms with Crippen LogP contribution in [0.2, 0.25) is 0 Å². The van der Waals surface area contributed by atoms with Crippen LogP contribution in [-0.2, 0) is 4.79 Å². The van der Waals surface area contributed by atoms with Crippen molar-refractivity contribution in [2.24, 2.45) is 0 Å². The van der Waals surface area contributed by atoms with E-state index in [-0.39, 0.29) is 17.8 Å². The van der Waals surface area contributed by atoms with E-state index in [9.17, 15) is 14.3 Å². The molecule has 2 aliphatic rings. The number of benzene rings is 1. The van der Waals surface area contributed by atoms with Gasteiger partial charge in [-0.25, -0.2) is 4.39 Å². The predicted molar refractivity (Wildman–Crippen MR) is 92.9 cm³/mol. The third kappa shape index (κ3) is 5.16. The van der Waals surface area contributed by atoms with Gasteiger partial charge in [-0.05, 0) is 56.5 Å². The number of piperidine rings is 1. The molecular weight excluding hydrogens is 323 g/mol. The molecule has 138 valence electrons. The van der Waals surface area contributed by atoms with Gasteiger partial charge in [-0.2, -0.15) is 0 Å². The Morgan fingerprint density at radius 2 is 1.96 bits per heavy atom. The van der Waals surface area contributed by atoms with Gasteiger partial charge in [0.15, 0.2) is 0 Å². The lowest BCUT2D eigenvalue weighted by molar-refractivity contribution is -0.131.